The van der Waals surface area contributed by atoms with Crippen LogP contribution in [0.3, 0.4) is 0 Å². The molecule has 0 fully saturated rings. The van der Waals surface area contributed by atoms with Crippen LogP contribution in [0.5, 0.6) is 0 Å². The first-order valence-corrected chi connectivity index (χ1v) is 11.7. The van der Waals surface area contributed by atoms with Crippen LogP contribution in [0.25, 0.3) is 21.5 Å². The van der Waals surface area contributed by atoms with Gasteiger partial charge in [0.25, 0.3) is 5.91 Å². The Labute approximate surface area is 203 Å². The molecule has 4 nitrogen and oxygen atoms in total. The van der Waals surface area contributed by atoms with Gasteiger partial charge in [0.05, 0.1) is 18.7 Å². The molecule has 6 rings (SSSR count). The van der Waals surface area contributed by atoms with E-state index in [0.717, 1.165) is 27.1 Å². The van der Waals surface area contributed by atoms with E-state index in [2.05, 4.69) is 0 Å². The van der Waals surface area contributed by atoms with E-state index in [0.29, 0.717) is 23.4 Å². The van der Waals surface area contributed by atoms with Crippen LogP contribution in [0.15, 0.2) is 109 Å². The molecule has 5 aromatic carbocycles. The van der Waals surface area contributed by atoms with E-state index in [-0.39, 0.29) is 12.2 Å². The molecule has 1 unspecified atom stereocenters. The van der Waals surface area contributed by atoms with E-state index in [1.54, 1.807) is 23.1 Å². The predicted molar refractivity (Wildman–Crippen MR) is 138 cm³/mol. The summed E-state index contributed by atoms with van der Waals surface area (Å²) in [7, 11) is 0. The Morgan fingerprint density at radius 2 is 1.31 bits per heavy atom. The van der Waals surface area contributed by atoms with Gasteiger partial charge in [-0.05, 0) is 33.2 Å². The molecule has 1 aliphatic heterocycles. The third-order valence-corrected chi connectivity index (χ3v) is 6.95. The van der Waals surface area contributed by atoms with E-state index in [1.165, 1.54) is 0 Å². The second-order valence-corrected chi connectivity index (χ2v) is 9.03. The van der Waals surface area contributed by atoms with Gasteiger partial charge in [-0.15, -0.1) is 0 Å². The van der Waals surface area contributed by atoms with Crippen LogP contribution in [0.2, 0.25) is 0 Å². The number of fused-ring (bicyclic) bond motifs is 3. The van der Waals surface area contributed by atoms with Crippen LogP contribution >= 0.6 is 0 Å². The lowest BCUT2D eigenvalue weighted by Crippen LogP contribution is -2.41. The average molecular weight is 458 g/mol. The summed E-state index contributed by atoms with van der Waals surface area (Å²) in [6.45, 7) is 0.308. The average Bonchev–Trinajstić information content (AvgIpc) is 3.10. The zero-order chi connectivity index (χ0) is 24.0. The number of ketones is 1. The highest BCUT2D eigenvalue weighted by molar-refractivity contribution is 6.14. The molecule has 1 heterocycles. The van der Waals surface area contributed by atoms with Crippen LogP contribution in [0.4, 0.5) is 5.69 Å². The van der Waals surface area contributed by atoms with Crippen molar-refractivity contribution in [3.05, 3.63) is 126 Å². The molecule has 4 heteroatoms. The molecule has 35 heavy (non-hydrogen) atoms. The topological polar surface area (TPSA) is 57.6 Å². The van der Waals surface area contributed by atoms with Crippen LogP contribution < -0.4 is 4.90 Å². The Morgan fingerprint density at radius 3 is 2.11 bits per heavy atom. The van der Waals surface area contributed by atoms with Gasteiger partial charge in [0.15, 0.2) is 11.4 Å². The molecule has 0 spiro atoms. The first-order chi connectivity index (χ1) is 17.1. The van der Waals surface area contributed by atoms with Crippen molar-refractivity contribution in [2.75, 3.05) is 4.90 Å². The number of para-hydroxylation sites is 1. The van der Waals surface area contributed by atoms with Crippen LogP contribution in [0, 0.1) is 0 Å². The van der Waals surface area contributed by atoms with Crippen molar-refractivity contribution in [2.24, 2.45) is 0 Å². The van der Waals surface area contributed by atoms with Crippen LogP contribution in [0.1, 0.15) is 27.9 Å². The second-order valence-electron chi connectivity index (χ2n) is 9.03. The molecule has 0 saturated heterocycles. The molecule has 1 amide bonds. The molecule has 0 radical (unpaired) electrons. The number of carbonyl (C=O) groups is 2. The number of nitrogens with zero attached hydrogens (tertiary/aromatic N) is 1. The molecule has 1 atom stereocenters. The lowest BCUT2D eigenvalue weighted by atomic mass is 9.87. The van der Waals surface area contributed by atoms with Gasteiger partial charge in [0.1, 0.15) is 0 Å². The van der Waals surface area contributed by atoms with Gasteiger partial charge < -0.3 is 10.0 Å². The Morgan fingerprint density at radius 1 is 0.714 bits per heavy atom. The molecular formula is C31H23NO3. The van der Waals surface area contributed by atoms with Gasteiger partial charge in [-0.25, -0.2) is 0 Å². The number of rotatable bonds is 5. The first kappa shape index (κ1) is 21.3. The van der Waals surface area contributed by atoms with Gasteiger partial charge in [-0.3, -0.25) is 9.59 Å². The summed E-state index contributed by atoms with van der Waals surface area (Å²) in [5, 5.41) is 15.7. The van der Waals surface area contributed by atoms with E-state index >= 15 is 0 Å². The van der Waals surface area contributed by atoms with Crippen molar-refractivity contribution in [1.29, 1.82) is 0 Å². The number of aliphatic hydroxyl groups is 1. The Kier molecular flexibility index (Phi) is 4.97. The Balaban J connectivity index is 1.39. The van der Waals surface area contributed by atoms with Crippen molar-refractivity contribution in [1.82, 2.24) is 0 Å². The molecule has 0 bridgehead atoms. The minimum atomic E-state index is -1.92. The molecule has 0 saturated carbocycles. The minimum absolute atomic E-state index is 0.264. The van der Waals surface area contributed by atoms with E-state index in [4.69, 9.17) is 0 Å². The highest BCUT2D eigenvalue weighted by Gasteiger charge is 2.50. The predicted octanol–water partition coefficient (Wildman–Crippen LogP) is 6.00. The number of hydrogen-bond acceptors (Lipinski definition) is 3. The van der Waals surface area contributed by atoms with Crippen molar-refractivity contribution >= 4 is 38.9 Å². The van der Waals surface area contributed by atoms with Crippen molar-refractivity contribution in [3.63, 3.8) is 0 Å². The van der Waals surface area contributed by atoms with Gasteiger partial charge in [-0.1, -0.05) is 103 Å². The third kappa shape index (κ3) is 3.42. The number of carbonyl (C=O) groups excluding carboxylic acids is 2. The SMILES string of the molecule is O=C(CC1(O)C(=O)N(Cc2cccc3ccccc23)c2ccccc21)c1cccc2ccccc12. The molecule has 0 aliphatic carbocycles. The monoisotopic (exact) mass is 457 g/mol. The summed E-state index contributed by atoms with van der Waals surface area (Å²) in [5.74, 6) is -0.736. The molecule has 5 aromatic rings. The molecule has 170 valence electrons. The number of benzene rings is 5. The zero-order valence-electron chi connectivity index (χ0n) is 19.0. The van der Waals surface area contributed by atoms with Gasteiger partial charge >= 0.3 is 0 Å². The van der Waals surface area contributed by atoms with Gasteiger partial charge in [0.2, 0.25) is 0 Å². The lowest BCUT2D eigenvalue weighted by Gasteiger charge is -2.23. The normalized spacial score (nSPS) is 17.2. The third-order valence-electron chi connectivity index (χ3n) is 6.95. The first-order valence-electron chi connectivity index (χ1n) is 11.7. The van der Waals surface area contributed by atoms with Crippen LogP contribution in [-0.4, -0.2) is 16.8 Å². The fraction of sp³-hybridized carbons (Fsp3) is 0.0968. The maximum atomic E-state index is 13.8. The largest absolute Gasteiger partial charge is 0.375 e. The van der Waals surface area contributed by atoms with E-state index < -0.39 is 11.5 Å². The fourth-order valence-corrected chi connectivity index (χ4v) is 5.23. The summed E-state index contributed by atoms with van der Waals surface area (Å²) in [4.78, 5) is 28.9. The van der Waals surface area contributed by atoms with E-state index in [9.17, 15) is 14.7 Å². The lowest BCUT2D eigenvalue weighted by molar-refractivity contribution is -0.136. The number of hydrogen-bond donors (Lipinski definition) is 1. The maximum Gasteiger partial charge on any atom is 0.264 e. The Bertz CT molecular complexity index is 1610. The maximum absolute atomic E-state index is 13.8. The molecule has 0 aromatic heterocycles. The van der Waals surface area contributed by atoms with Crippen molar-refractivity contribution in [3.8, 4) is 0 Å². The summed E-state index contributed by atoms with van der Waals surface area (Å²) >= 11 is 0. The smallest absolute Gasteiger partial charge is 0.264 e. The number of amides is 1. The fourth-order valence-electron chi connectivity index (χ4n) is 5.23. The quantitative estimate of drug-likeness (QED) is 0.329. The van der Waals surface area contributed by atoms with Gasteiger partial charge in [0, 0.05) is 11.1 Å². The summed E-state index contributed by atoms with van der Waals surface area (Å²) in [6.07, 6.45) is -0.317. The van der Waals surface area contributed by atoms with E-state index in [1.807, 2.05) is 91.0 Å². The number of Topliss-reactive ketones (excluding diaryl/α,β-unsaturated/α-hetero) is 1. The summed E-state index contributed by atoms with van der Waals surface area (Å²) < 4.78 is 0. The van der Waals surface area contributed by atoms with Crippen molar-refractivity contribution in [2.45, 2.75) is 18.6 Å². The molecule has 1 N–H and O–H groups in total. The molecule has 1 aliphatic rings. The molecular weight excluding hydrogens is 434 g/mol. The number of anilines is 1. The van der Waals surface area contributed by atoms with Crippen molar-refractivity contribution < 1.29 is 14.7 Å². The standard InChI is InChI=1S/C31H23NO3/c33-29(26-16-8-12-22-10-2-4-15-25(22)26)19-31(35)27-17-5-6-18-28(27)32(30(31)34)20-23-13-7-11-21-9-1-3-14-24(21)23/h1-18,35H,19-20H2. The summed E-state index contributed by atoms with van der Waals surface area (Å²) in [6, 6.07) is 34.4. The second kappa shape index (κ2) is 8.19. The van der Waals surface area contributed by atoms with Gasteiger partial charge in [-0.2, -0.15) is 0 Å². The van der Waals surface area contributed by atoms with Crippen LogP contribution in [-0.2, 0) is 16.9 Å². The minimum Gasteiger partial charge on any atom is -0.375 e. The summed E-state index contributed by atoms with van der Waals surface area (Å²) in [5.41, 5.74) is 0.678. The Hall–Kier alpha value is -4.28. The highest BCUT2D eigenvalue weighted by atomic mass is 16.3. The zero-order valence-corrected chi connectivity index (χ0v) is 19.0. The highest BCUT2D eigenvalue weighted by Crippen LogP contribution is 2.44.